The standard InChI is InChI=1S/C26H47F7N2O/c1-4-7-8-9-10-11-12-13-14-15-16-17-18-19-21-35(5-2,6-3)22-20-34-23(36)24(27,28)25(29,30)26(31,32)33/h4-22H2,1-3H3/p+1. The van der Waals surface area contributed by atoms with Gasteiger partial charge in [-0.2, -0.15) is 30.7 Å². The van der Waals surface area contributed by atoms with E-state index in [1.165, 1.54) is 64.2 Å². The third-order valence-corrected chi connectivity index (χ3v) is 7.23. The normalized spacial score (nSPS) is 13.3. The monoisotopic (exact) mass is 537 g/mol. The van der Waals surface area contributed by atoms with Crippen molar-refractivity contribution in [2.75, 3.05) is 32.7 Å². The number of quaternary nitrogens is 1. The Balaban J connectivity index is 4.19. The summed E-state index contributed by atoms with van der Waals surface area (Å²) in [6, 6.07) is 0. The lowest BCUT2D eigenvalue weighted by Crippen LogP contribution is -2.60. The minimum atomic E-state index is -6.52. The molecule has 1 N–H and O–H groups in total. The summed E-state index contributed by atoms with van der Waals surface area (Å²) in [6.07, 6.45) is 10.6. The number of halogens is 7. The molecule has 0 aromatic carbocycles. The van der Waals surface area contributed by atoms with Gasteiger partial charge in [0.25, 0.3) is 5.91 Å². The molecule has 10 heteroatoms. The predicted octanol–water partition coefficient (Wildman–Crippen LogP) is 8.27. The first-order chi connectivity index (χ1) is 16.8. The number of amides is 1. The lowest BCUT2D eigenvalue weighted by molar-refractivity contribution is -0.924. The molecule has 0 radical (unpaired) electrons. The second-order valence-corrected chi connectivity index (χ2v) is 9.92. The zero-order valence-electron chi connectivity index (χ0n) is 22.4. The van der Waals surface area contributed by atoms with Crippen LogP contribution in [0.3, 0.4) is 0 Å². The van der Waals surface area contributed by atoms with Gasteiger partial charge in [0.15, 0.2) is 0 Å². The summed E-state index contributed by atoms with van der Waals surface area (Å²) in [4.78, 5) is 11.5. The first-order valence-corrected chi connectivity index (χ1v) is 13.8. The van der Waals surface area contributed by atoms with Crippen molar-refractivity contribution < 1.29 is 40.0 Å². The smallest absolute Gasteiger partial charge is 0.345 e. The maximum Gasteiger partial charge on any atom is 0.460 e. The summed E-state index contributed by atoms with van der Waals surface area (Å²) >= 11 is 0. The van der Waals surface area contributed by atoms with Gasteiger partial charge < -0.3 is 9.80 Å². The molecule has 0 saturated heterocycles. The number of rotatable bonds is 22. The average molecular weight is 538 g/mol. The maximum atomic E-state index is 13.5. The summed E-state index contributed by atoms with van der Waals surface area (Å²) in [7, 11) is 0. The number of hydrogen-bond donors (Lipinski definition) is 1. The Morgan fingerprint density at radius 2 is 1.00 bits per heavy atom. The molecule has 36 heavy (non-hydrogen) atoms. The van der Waals surface area contributed by atoms with Crippen LogP contribution in [0.1, 0.15) is 111 Å². The molecule has 0 aliphatic rings. The van der Waals surface area contributed by atoms with E-state index in [1.54, 1.807) is 5.32 Å². The van der Waals surface area contributed by atoms with E-state index in [4.69, 9.17) is 0 Å². The number of carbonyl (C=O) groups is 1. The van der Waals surface area contributed by atoms with Crippen LogP contribution in [0.5, 0.6) is 0 Å². The zero-order chi connectivity index (χ0) is 27.7. The van der Waals surface area contributed by atoms with Crippen molar-refractivity contribution in [1.29, 1.82) is 0 Å². The molecule has 0 rings (SSSR count). The minimum Gasteiger partial charge on any atom is -0.345 e. The van der Waals surface area contributed by atoms with Crippen LogP contribution in [0.15, 0.2) is 0 Å². The summed E-state index contributed by atoms with van der Waals surface area (Å²) < 4.78 is 90.3. The van der Waals surface area contributed by atoms with Crippen LogP contribution in [-0.2, 0) is 4.79 Å². The Morgan fingerprint density at radius 1 is 0.611 bits per heavy atom. The van der Waals surface area contributed by atoms with Crippen molar-refractivity contribution >= 4 is 5.91 Å². The highest BCUT2D eigenvalue weighted by atomic mass is 19.4. The summed E-state index contributed by atoms with van der Waals surface area (Å²) in [5, 5.41) is 1.59. The molecule has 0 unspecified atom stereocenters. The molecule has 216 valence electrons. The molecule has 0 heterocycles. The van der Waals surface area contributed by atoms with Crippen molar-refractivity contribution in [3.8, 4) is 0 Å². The van der Waals surface area contributed by atoms with E-state index >= 15 is 0 Å². The molecule has 0 aromatic heterocycles. The quantitative estimate of drug-likeness (QED) is 0.0841. The van der Waals surface area contributed by atoms with E-state index in [0.29, 0.717) is 17.6 Å². The summed E-state index contributed by atoms with van der Waals surface area (Å²) in [5.41, 5.74) is 0. The van der Waals surface area contributed by atoms with E-state index in [1.807, 2.05) is 13.8 Å². The molecule has 0 atom stereocenters. The van der Waals surface area contributed by atoms with Crippen molar-refractivity contribution in [2.45, 2.75) is 129 Å². The highest BCUT2D eigenvalue weighted by Crippen LogP contribution is 2.46. The van der Waals surface area contributed by atoms with Crippen LogP contribution in [0.2, 0.25) is 0 Å². The van der Waals surface area contributed by atoms with E-state index in [-0.39, 0.29) is 6.54 Å². The van der Waals surface area contributed by atoms with Gasteiger partial charge in [0, 0.05) is 0 Å². The van der Waals surface area contributed by atoms with Crippen LogP contribution in [-0.4, -0.2) is 61.1 Å². The third kappa shape index (κ3) is 12.0. The summed E-state index contributed by atoms with van der Waals surface area (Å²) in [5.74, 6) is -14.9. The van der Waals surface area contributed by atoms with Crippen molar-refractivity contribution in [1.82, 2.24) is 5.32 Å². The maximum absolute atomic E-state index is 13.5. The van der Waals surface area contributed by atoms with E-state index in [0.717, 1.165) is 32.2 Å². The number of nitrogens with one attached hydrogen (secondary N) is 1. The second kappa shape index (κ2) is 17.4. The molecule has 1 amide bonds. The van der Waals surface area contributed by atoms with Crippen molar-refractivity contribution in [3.63, 3.8) is 0 Å². The first kappa shape index (κ1) is 34.9. The van der Waals surface area contributed by atoms with Crippen LogP contribution in [0.4, 0.5) is 30.7 Å². The molecule has 0 aliphatic heterocycles. The number of alkyl halides is 7. The van der Waals surface area contributed by atoms with Gasteiger partial charge in [-0.1, -0.05) is 84.0 Å². The van der Waals surface area contributed by atoms with Crippen LogP contribution < -0.4 is 5.32 Å². The van der Waals surface area contributed by atoms with Crippen LogP contribution >= 0.6 is 0 Å². The van der Waals surface area contributed by atoms with Crippen molar-refractivity contribution in [3.05, 3.63) is 0 Å². The lowest BCUT2D eigenvalue weighted by atomic mass is 10.0. The van der Waals surface area contributed by atoms with Gasteiger partial charge in [-0.05, 0) is 26.7 Å². The van der Waals surface area contributed by atoms with Gasteiger partial charge in [-0.15, -0.1) is 0 Å². The Hall–Kier alpha value is -1.06. The fourth-order valence-electron chi connectivity index (χ4n) is 4.45. The van der Waals surface area contributed by atoms with Crippen molar-refractivity contribution in [2.24, 2.45) is 0 Å². The van der Waals surface area contributed by atoms with Gasteiger partial charge in [0.05, 0.1) is 32.7 Å². The fraction of sp³-hybridized carbons (Fsp3) is 0.962. The second-order valence-electron chi connectivity index (χ2n) is 9.92. The average Bonchev–Trinajstić information content (AvgIpc) is 2.82. The lowest BCUT2D eigenvalue weighted by Gasteiger charge is -2.37. The van der Waals surface area contributed by atoms with E-state index in [2.05, 4.69) is 6.92 Å². The fourth-order valence-corrected chi connectivity index (χ4v) is 4.45. The predicted molar refractivity (Wildman–Crippen MR) is 130 cm³/mol. The topological polar surface area (TPSA) is 29.1 Å². The first-order valence-electron chi connectivity index (χ1n) is 13.8. The molecule has 0 fully saturated rings. The number of likely N-dealkylation sites (N-methyl/N-ethyl adjacent to an activating group) is 1. The number of unbranched alkanes of at least 4 members (excludes halogenated alkanes) is 13. The molecule has 0 saturated carbocycles. The van der Waals surface area contributed by atoms with Gasteiger partial charge in [0.1, 0.15) is 0 Å². The molecule has 0 bridgehead atoms. The SMILES string of the molecule is CCCCCCCCCCCCCCCC[N+](CC)(CC)CCNC(=O)C(F)(F)C(F)(F)C(F)(F)F. The molecular formula is C26H48F7N2O+. The zero-order valence-corrected chi connectivity index (χ0v) is 22.4. The Kier molecular flexibility index (Phi) is 16.9. The largest absolute Gasteiger partial charge is 0.460 e. The van der Waals surface area contributed by atoms with Gasteiger partial charge in [-0.3, -0.25) is 4.79 Å². The highest BCUT2D eigenvalue weighted by Gasteiger charge is 2.76. The molecule has 3 nitrogen and oxygen atoms in total. The summed E-state index contributed by atoms with van der Waals surface area (Å²) in [6.45, 7) is 7.82. The Labute approximate surface area is 213 Å². The number of nitrogens with zero attached hydrogens (tertiary/aromatic N) is 1. The Bertz CT molecular complexity index is 579. The van der Waals surface area contributed by atoms with Gasteiger partial charge in [0.2, 0.25) is 0 Å². The van der Waals surface area contributed by atoms with E-state index < -0.39 is 30.5 Å². The molecular weight excluding hydrogens is 489 g/mol. The molecule has 0 aromatic rings. The minimum absolute atomic E-state index is 0.185. The molecule has 0 aliphatic carbocycles. The Morgan fingerprint density at radius 3 is 1.36 bits per heavy atom. The highest BCUT2D eigenvalue weighted by molar-refractivity contribution is 5.84. The third-order valence-electron chi connectivity index (χ3n) is 7.23. The number of hydrogen-bond acceptors (Lipinski definition) is 1. The van der Waals surface area contributed by atoms with Gasteiger partial charge in [-0.25, -0.2) is 0 Å². The van der Waals surface area contributed by atoms with Gasteiger partial charge >= 0.3 is 18.0 Å². The number of carbonyl (C=O) groups excluding carboxylic acids is 1. The molecule has 0 spiro atoms. The van der Waals surface area contributed by atoms with E-state index in [9.17, 15) is 35.5 Å². The van der Waals surface area contributed by atoms with Crippen LogP contribution in [0.25, 0.3) is 0 Å². The van der Waals surface area contributed by atoms with Crippen LogP contribution in [0, 0.1) is 0 Å².